The number of nitrogens with zero attached hydrogens (tertiary/aromatic N) is 2. The summed E-state index contributed by atoms with van der Waals surface area (Å²) in [5.74, 6) is -1.23. The molecule has 0 heterocycles. The third kappa shape index (κ3) is 3.19. The molecule has 1 atom stereocenters. The first-order valence-electron chi connectivity index (χ1n) is 6.81. The fourth-order valence-corrected chi connectivity index (χ4v) is 2.45. The number of aryl methyl sites for hydroxylation is 1. The van der Waals surface area contributed by atoms with E-state index >= 15 is 0 Å². The van der Waals surface area contributed by atoms with Gasteiger partial charge in [-0.3, -0.25) is 14.9 Å². The van der Waals surface area contributed by atoms with Crippen molar-refractivity contribution in [2.45, 2.75) is 12.8 Å². The Morgan fingerprint density at radius 3 is 2.57 bits per heavy atom. The number of esters is 1. The largest absolute Gasteiger partial charge is 0.468 e. The molecule has 0 amide bonds. The van der Waals surface area contributed by atoms with Crippen molar-refractivity contribution in [1.82, 2.24) is 0 Å². The second-order valence-corrected chi connectivity index (χ2v) is 4.96. The van der Waals surface area contributed by atoms with E-state index in [1.54, 1.807) is 18.2 Å². The van der Waals surface area contributed by atoms with Gasteiger partial charge in [0.25, 0.3) is 5.69 Å². The lowest BCUT2D eigenvalue weighted by Crippen LogP contribution is -2.17. The first-order valence-corrected chi connectivity index (χ1v) is 6.81. The Labute approximate surface area is 133 Å². The molecule has 2 rings (SSSR count). The Morgan fingerprint density at radius 1 is 1.30 bits per heavy atom. The standard InChI is InChI=1S/C17H14N2O4/c1-11-5-3-4-6-14(11)16(17(20)23-2)12-7-8-15(19(21)22)13(9-12)10-18/h3-9,16H,1-2H3/t16-/m1/s1. The van der Waals surface area contributed by atoms with E-state index in [0.29, 0.717) is 5.56 Å². The molecule has 0 unspecified atom stereocenters. The first kappa shape index (κ1) is 16.2. The van der Waals surface area contributed by atoms with Crippen LogP contribution >= 0.6 is 0 Å². The molecule has 116 valence electrons. The third-order valence-electron chi connectivity index (χ3n) is 3.61. The molecular formula is C17H14N2O4. The van der Waals surface area contributed by atoms with Crippen LogP contribution in [0.4, 0.5) is 5.69 Å². The molecule has 23 heavy (non-hydrogen) atoms. The lowest BCUT2D eigenvalue weighted by molar-refractivity contribution is -0.385. The van der Waals surface area contributed by atoms with E-state index in [1.807, 2.05) is 19.1 Å². The van der Waals surface area contributed by atoms with E-state index < -0.39 is 16.8 Å². The van der Waals surface area contributed by atoms with Gasteiger partial charge in [-0.05, 0) is 29.7 Å². The van der Waals surface area contributed by atoms with Crippen molar-refractivity contribution >= 4 is 11.7 Å². The van der Waals surface area contributed by atoms with Crippen LogP contribution in [0.2, 0.25) is 0 Å². The molecule has 2 aromatic rings. The molecule has 0 bridgehead atoms. The number of hydrogen-bond donors (Lipinski definition) is 0. The molecule has 0 aromatic heterocycles. The predicted octanol–water partition coefficient (Wildman–Crippen LogP) is 3.08. The maximum atomic E-state index is 12.2. The summed E-state index contributed by atoms with van der Waals surface area (Å²) >= 11 is 0. The average Bonchev–Trinajstić information content (AvgIpc) is 2.56. The molecule has 0 fully saturated rings. The van der Waals surface area contributed by atoms with Gasteiger partial charge in [-0.1, -0.05) is 30.3 Å². The first-order chi connectivity index (χ1) is 11.0. The van der Waals surface area contributed by atoms with Gasteiger partial charge in [0.2, 0.25) is 0 Å². The number of nitriles is 1. The fourth-order valence-electron chi connectivity index (χ4n) is 2.45. The van der Waals surface area contributed by atoms with E-state index in [-0.39, 0.29) is 11.3 Å². The van der Waals surface area contributed by atoms with Gasteiger partial charge in [0.15, 0.2) is 0 Å². The van der Waals surface area contributed by atoms with Gasteiger partial charge >= 0.3 is 5.97 Å². The van der Waals surface area contributed by atoms with E-state index in [0.717, 1.165) is 11.1 Å². The highest BCUT2D eigenvalue weighted by atomic mass is 16.6. The van der Waals surface area contributed by atoms with Crippen LogP contribution in [-0.4, -0.2) is 18.0 Å². The Bertz CT molecular complexity index is 808. The van der Waals surface area contributed by atoms with Crippen LogP contribution in [0.5, 0.6) is 0 Å². The molecule has 0 saturated carbocycles. The zero-order chi connectivity index (χ0) is 17.0. The quantitative estimate of drug-likeness (QED) is 0.491. The van der Waals surface area contributed by atoms with Gasteiger partial charge in [-0.15, -0.1) is 0 Å². The number of nitro groups is 1. The van der Waals surface area contributed by atoms with Crippen LogP contribution in [0.25, 0.3) is 0 Å². The number of methoxy groups -OCH3 is 1. The van der Waals surface area contributed by atoms with Crippen molar-refractivity contribution in [2.75, 3.05) is 7.11 Å². The summed E-state index contributed by atoms with van der Waals surface area (Å²) in [7, 11) is 1.28. The molecule has 6 nitrogen and oxygen atoms in total. The summed E-state index contributed by atoms with van der Waals surface area (Å²) in [5.41, 5.74) is 1.73. The minimum atomic E-state index is -0.742. The summed E-state index contributed by atoms with van der Waals surface area (Å²) in [6.07, 6.45) is 0. The minimum Gasteiger partial charge on any atom is -0.468 e. The van der Waals surface area contributed by atoms with Crippen molar-refractivity contribution in [2.24, 2.45) is 0 Å². The number of carbonyl (C=O) groups is 1. The molecule has 0 aliphatic heterocycles. The Balaban J connectivity index is 2.62. The number of hydrogen-bond acceptors (Lipinski definition) is 5. The summed E-state index contributed by atoms with van der Waals surface area (Å²) in [6, 6.07) is 13.2. The van der Waals surface area contributed by atoms with Crippen LogP contribution in [0, 0.1) is 28.4 Å². The van der Waals surface area contributed by atoms with Crippen molar-refractivity contribution < 1.29 is 14.5 Å². The van der Waals surface area contributed by atoms with Crippen LogP contribution in [0.3, 0.4) is 0 Å². The minimum absolute atomic E-state index is 0.0880. The summed E-state index contributed by atoms with van der Waals surface area (Å²) in [5, 5.41) is 20.1. The van der Waals surface area contributed by atoms with Crippen molar-refractivity contribution in [3.8, 4) is 6.07 Å². The Kier molecular flexibility index (Phi) is 4.72. The monoisotopic (exact) mass is 310 g/mol. The lowest BCUT2D eigenvalue weighted by Gasteiger charge is -2.18. The fraction of sp³-hybridized carbons (Fsp3) is 0.176. The Hall–Kier alpha value is -3.20. The highest BCUT2D eigenvalue weighted by molar-refractivity contribution is 5.83. The van der Waals surface area contributed by atoms with Crippen molar-refractivity contribution in [1.29, 1.82) is 5.26 Å². The Morgan fingerprint density at radius 2 is 2.00 bits per heavy atom. The van der Waals surface area contributed by atoms with Gasteiger partial charge in [-0.25, -0.2) is 0 Å². The summed E-state index contributed by atoms with van der Waals surface area (Å²) in [4.78, 5) is 22.6. The molecule has 0 radical (unpaired) electrons. The number of ether oxygens (including phenoxy) is 1. The molecule has 0 aliphatic rings. The normalized spacial score (nSPS) is 11.3. The summed E-state index contributed by atoms with van der Waals surface area (Å²) in [6.45, 7) is 1.86. The van der Waals surface area contributed by atoms with Crippen LogP contribution < -0.4 is 0 Å². The smallest absolute Gasteiger partial charge is 0.317 e. The number of nitro benzene ring substituents is 1. The molecule has 0 spiro atoms. The van der Waals surface area contributed by atoms with E-state index in [4.69, 9.17) is 10.00 Å². The van der Waals surface area contributed by atoms with Crippen LogP contribution in [0.1, 0.15) is 28.2 Å². The second kappa shape index (κ2) is 6.71. The van der Waals surface area contributed by atoms with Gasteiger partial charge in [0.05, 0.1) is 12.0 Å². The maximum Gasteiger partial charge on any atom is 0.317 e. The number of rotatable bonds is 4. The highest BCUT2D eigenvalue weighted by Gasteiger charge is 2.27. The van der Waals surface area contributed by atoms with E-state index in [2.05, 4.69) is 0 Å². The number of carbonyl (C=O) groups excluding carboxylic acids is 1. The van der Waals surface area contributed by atoms with E-state index in [1.165, 1.54) is 25.3 Å². The van der Waals surface area contributed by atoms with E-state index in [9.17, 15) is 14.9 Å². The van der Waals surface area contributed by atoms with Crippen LogP contribution in [0.15, 0.2) is 42.5 Å². The van der Waals surface area contributed by atoms with Crippen LogP contribution in [-0.2, 0) is 9.53 Å². The lowest BCUT2D eigenvalue weighted by atomic mass is 9.87. The molecular weight excluding hydrogens is 296 g/mol. The molecule has 0 N–H and O–H groups in total. The highest BCUT2D eigenvalue weighted by Crippen LogP contribution is 2.31. The van der Waals surface area contributed by atoms with Crippen molar-refractivity contribution in [3.63, 3.8) is 0 Å². The molecule has 2 aromatic carbocycles. The maximum absolute atomic E-state index is 12.2. The molecule has 0 aliphatic carbocycles. The predicted molar refractivity (Wildman–Crippen MR) is 82.8 cm³/mol. The molecule has 6 heteroatoms. The van der Waals surface area contributed by atoms with Gasteiger partial charge in [0.1, 0.15) is 17.6 Å². The average molecular weight is 310 g/mol. The van der Waals surface area contributed by atoms with Gasteiger partial charge in [0, 0.05) is 6.07 Å². The number of benzene rings is 2. The third-order valence-corrected chi connectivity index (χ3v) is 3.61. The zero-order valence-corrected chi connectivity index (χ0v) is 12.6. The molecule has 0 saturated heterocycles. The van der Waals surface area contributed by atoms with Crippen molar-refractivity contribution in [3.05, 3.63) is 74.8 Å². The second-order valence-electron chi connectivity index (χ2n) is 4.96. The topological polar surface area (TPSA) is 93.2 Å². The zero-order valence-electron chi connectivity index (χ0n) is 12.6. The summed E-state index contributed by atoms with van der Waals surface area (Å²) < 4.78 is 4.87. The van der Waals surface area contributed by atoms with Gasteiger partial charge < -0.3 is 4.74 Å². The SMILES string of the molecule is COC(=O)[C@H](c1ccc([N+](=O)[O-])c(C#N)c1)c1ccccc1C. The van der Waals surface area contributed by atoms with Gasteiger partial charge in [-0.2, -0.15) is 5.26 Å².